The molecule has 1 aromatic rings. The molecule has 0 aromatic heterocycles. The number of rotatable bonds is 6. The summed E-state index contributed by atoms with van der Waals surface area (Å²) in [5.74, 6) is -0.724. The molecule has 0 fully saturated rings. The van der Waals surface area contributed by atoms with Gasteiger partial charge in [0, 0.05) is 12.6 Å². The Morgan fingerprint density at radius 1 is 1.37 bits per heavy atom. The molecule has 0 bridgehead atoms. The van der Waals surface area contributed by atoms with E-state index in [1.165, 1.54) is 12.1 Å². The van der Waals surface area contributed by atoms with Crippen LogP contribution >= 0.6 is 12.4 Å². The van der Waals surface area contributed by atoms with Crippen molar-refractivity contribution < 1.29 is 12.8 Å². The predicted molar refractivity (Wildman–Crippen MR) is 76.7 cm³/mol. The zero-order chi connectivity index (χ0) is 13.8. The second-order valence-electron chi connectivity index (χ2n) is 4.24. The van der Waals surface area contributed by atoms with Gasteiger partial charge in [-0.05, 0) is 38.1 Å². The van der Waals surface area contributed by atoms with E-state index in [1.54, 1.807) is 13.0 Å². The highest BCUT2D eigenvalue weighted by atomic mass is 35.5. The maximum Gasteiger partial charge on any atom is 0.243 e. The maximum absolute atomic E-state index is 13.6. The van der Waals surface area contributed by atoms with Crippen LogP contribution in [0.1, 0.15) is 19.4 Å². The Morgan fingerprint density at radius 3 is 2.53 bits per heavy atom. The molecular formula is C12H20ClFN2O2S. The molecule has 2 N–H and O–H groups in total. The Labute approximate surface area is 120 Å². The van der Waals surface area contributed by atoms with Gasteiger partial charge in [0.1, 0.15) is 10.7 Å². The van der Waals surface area contributed by atoms with Crippen LogP contribution in [0.2, 0.25) is 0 Å². The molecule has 7 heteroatoms. The van der Waals surface area contributed by atoms with Crippen molar-refractivity contribution in [3.05, 3.63) is 29.6 Å². The Morgan fingerprint density at radius 2 is 2.00 bits per heavy atom. The fourth-order valence-electron chi connectivity index (χ4n) is 1.56. The molecule has 1 rings (SSSR count). The van der Waals surface area contributed by atoms with Crippen LogP contribution in [0.5, 0.6) is 0 Å². The molecule has 110 valence electrons. The van der Waals surface area contributed by atoms with Crippen molar-refractivity contribution in [1.82, 2.24) is 10.0 Å². The van der Waals surface area contributed by atoms with Crippen LogP contribution in [0.3, 0.4) is 0 Å². The maximum atomic E-state index is 13.6. The van der Waals surface area contributed by atoms with Gasteiger partial charge in [0.15, 0.2) is 0 Å². The van der Waals surface area contributed by atoms with Crippen LogP contribution in [-0.4, -0.2) is 27.5 Å². The zero-order valence-corrected chi connectivity index (χ0v) is 12.9. The van der Waals surface area contributed by atoms with Gasteiger partial charge in [-0.15, -0.1) is 12.4 Å². The molecule has 0 amide bonds. The SMILES string of the molecule is CCN[C@H](C)CNS(=O)(=O)c1ccc(C)cc1F.Cl. The lowest BCUT2D eigenvalue weighted by molar-refractivity contribution is 0.528. The molecule has 1 aromatic carbocycles. The normalized spacial score (nSPS) is 12.8. The van der Waals surface area contributed by atoms with Crippen LogP contribution < -0.4 is 10.0 Å². The van der Waals surface area contributed by atoms with E-state index < -0.39 is 15.8 Å². The minimum absolute atomic E-state index is 0. The van der Waals surface area contributed by atoms with E-state index in [0.717, 1.165) is 6.54 Å². The summed E-state index contributed by atoms with van der Waals surface area (Å²) in [6.07, 6.45) is 0. The van der Waals surface area contributed by atoms with Gasteiger partial charge in [-0.3, -0.25) is 0 Å². The summed E-state index contributed by atoms with van der Waals surface area (Å²) in [4.78, 5) is -0.309. The first-order valence-electron chi connectivity index (χ1n) is 5.86. The van der Waals surface area contributed by atoms with Crippen molar-refractivity contribution in [2.45, 2.75) is 31.7 Å². The van der Waals surface area contributed by atoms with Gasteiger partial charge in [-0.1, -0.05) is 13.0 Å². The van der Waals surface area contributed by atoms with Crippen molar-refractivity contribution in [3.63, 3.8) is 0 Å². The highest BCUT2D eigenvalue weighted by Crippen LogP contribution is 2.15. The lowest BCUT2D eigenvalue weighted by Gasteiger charge is -2.14. The van der Waals surface area contributed by atoms with E-state index in [-0.39, 0.29) is 29.9 Å². The molecule has 0 spiro atoms. The van der Waals surface area contributed by atoms with E-state index in [1.807, 2.05) is 13.8 Å². The summed E-state index contributed by atoms with van der Waals surface area (Å²) >= 11 is 0. The molecule has 4 nitrogen and oxygen atoms in total. The molecule has 0 aliphatic rings. The number of nitrogens with one attached hydrogen (secondary N) is 2. The molecule has 0 heterocycles. The molecule has 19 heavy (non-hydrogen) atoms. The van der Waals surface area contributed by atoms with Crippen molar-refractivity contribution >= 4 is 22.4 Å². The first kappa shape index (κ1) is 18.3. The summed E-state index contributed by atoms with van der Waals surface area (Å²) < 4.78 is 39.8. The molecule has 0 aliphatic heterocycles. The summed E-state index contributed by atoms with van der Waals surface area (Å²) in [6.45, 7) is 6.48. The lowest BCUT2D eigenvalue weighted by atomic mass is 10.2. The van der Waals surface area contributed by atoms with E-state index in [2.05, 4.69) is 10.0 Å². The van der Waals surface area contributed by atoms with E-state index in [4.69, 9.17) is 0 Å². The highest BCUT2D eigenvalue weighted by molar-refractivity contribution is 7.89. The third-order valence-electron chi connectivity index (χ3n) is 2.51. The van der Waals surface area contributed by atoms with Crippen molar-refractivity contribution in [2.75, 3.05) is 13.1 Å². The van der Waals surface area contributed by atoms with E-state index in [9.17, 15) is 12.8 Å². The second-order valence-corrected chi connectivity index (χ2v) is 5.98. The van der Waals surface area contributed by atoms with Crippen LogP contribution in [-0.2, 0) is 10.0 Å². The average molecular weight is 311 g/mol. The van der Waals surface area contributed by atoms with Gasteiger partial charge in [0.2, 0.25) is 10.0 Å². The Kier molecular flexibility index (Phi) is 7.51. The smallest absolute Gasteiger partial charge is 0.243 e. The van der Waals surface area contributed by atoms with Gasteiger partial charge in [0.05, 0.1) is 0 Å². The minimum atomic E-state index is -3.79. The van der Waals surface area contributed by atoms with Crippen molar-refractivity contribution in [3.8, 4) is 0 Å². The number of likely N-dealkylation sites (N-methyl/N-ethyl adjacent to an activating group) is 1. The molecule has 0 unspecified atom stereocenters. The fraction of sp³-hybridized carbons (Fsp3) is 0.500. The number of hydrogen-bond donors (Lipinski definition) is 2. The first-order chi connectivity index (χ1) is 8.36. The number of sulfonamides is 1. The van der Waals surface area contributed by atoms with Gasteiger partial charge < -0.3 is 5.32 Å². The fourth-order valence-corrected chi connectivity index (χ4v) is 2.74. The summed E-state index contributed by atoms with van der Waals surface area (Å²) in [6, 6.07) is 4.07. The highest BCUT2D eigenvalue weighted by Gasteiger charge is 2.19. The predicted octanol–water partition coefficient (Wildman–Crippen LogP) is 1.83. The molecule has 0 radical (unpaired) electrons. The molecule has 0 aliphatic carbocycles. The number of benzene rings is 1. The molecule has 0 saturated heterocycles. The minimum Gasteiger partial charge on any atom is -0.313 e. The molecular weight excluding hydrogens is 291 g/mol. The Hall–Kier alpha value is -0.690. The Bertz CT molecular complexity index is 508. The topological polar surface area (TPSA) is 58.2 Å². The molecule has 1 atom stereocenters. The van der Waals surface area contributed by atoms with E-state index >= 15 is 0 Å². The second kappa shape index (κ2) is 7.79. The summed E-state index contributed by atoms with van der Waals surface area (Å²) in [7, 11) is -3.79. The number of aryl methyl sites for hydroxylation is 1. The summed E-state index contributed by atoms with van der Waals surface area (Å²) in [5, 5.41) is 3.07. The van der Waals surface area contributed by atoms with Crippen LogP contribution in [0.15, 0.2) is 23.1 Å². The quantitative estimate of drug-likeness (QED) is 0.843. The van der Waals surface area contributed by atoms with Crippen molar-refractivity contribution in [2.24, 2.45) is 0 Å². The van der Waals surface area contributed by atoms with Gasteiger partial charge in [-0.2, -0.15) is 0 Å². The third kappa shape index (κ3) is 5.44. The number of halogens is 2. The zero-order valence-electron chi connectivity index (χ0n) is 11.2. The van der Waals surface area contributed by atoms with E-state index in [0.29, 0.717) is 5.56 Å². The standard InChI is InChI=1S/C12H19FN2O2S.ClH/c1-4-14-10(3)8-15-18(16,17)12-6-5-9(2)7-11(12)13;/h5-7,10,14-15H,4,8H2,1-3H3;1H/t10-;/m1./s1. The monoisotopic (exact) mass is 310 g/mol. The largest absolute Gasteiger partial charge is 0.313 e. The van der Waals surface area contributed by atoms with Gasteiger partial charge in [0.25, 0.3) is 0 Å². The lowest BCUT2D eigenvalue weighted by Crippen LogP contribution is -2.39. The van der Waals surface area contributed by atoms with Crippen LogP contribution in [0.4, 0.5) is 4.39 Å². The number of hydrogen-bond acceptors (Lipinski definition) is 3. The van der Waals surface area contributed by atoms with Gasteiger partial charge >= 0.3 is 0 Å². The van der Waals surface area contributed by atoms with Crippen molar-refractivity contribution in [1.29, 1.82) is 0 Å². The van der Waals surface area contributed by atoms with Crippen LogP contribution in [0, 0.1) is 12.7 Å². The molecule has 0 saturated carbocycles. The van der Waals surface area contributed by atoms with Gasteiger partial charge in [-0.25, -0.2) is 17.5 Å². The van der Waals surface area contributed by atoms with Crippen LogP contribution in [0.25, 0.3) is 0 Å². The first-order valence-corrected chi connectivity index (χ1v) is 7.34. The third-order valence-corrected chi connectivity index (χ3v) is 3.97. The Balaban J connectivity index is 0.00000324. The average Bonchev–Trinajstić information content (AvgIpc) is 2.26. The summed E-state index contributed by atoms with van der Waals surface area (Å²) in [5.41, 5.74) is 0.687.